The van der Waals surface area contributed by atoms with Gasteiger partial charge in [-0.3, -0.25) is 0 Å². The van der Waals surface area contributed by atoms with Gasteiger partial charge in [-0.25, -0.2) is 4.79 Å². The highest BCUT2D eigenvalue weighted by molar-refractivity contribution is 6.74. The quantitative estimate of drug-likeness (QED) is 0.497. The van der Waals surface area contributed by atoms with E-state index in [0.29, 0.717) is 17.1 Å². The molecule has 1 N–H and O–H groups in total. The Kier molecular flexibility index (Phi) is 5.30. The summed E-state index contributed by atoms with van der Waals surface area (Å²) in [7, 11) is -2.07. The Bertz CT molecular complexity index is 750. The summed E-state index contributed by atoms with van der Waals surface area (Å²) < 4.78 is 17.3. The van der Waals surface area contributed by atoms with Crippen LogP contribution in [0.3, 0.4) is 0 Å². The van der Waals surface area contributed by atoms with Crippen molar-refractivity contribution < 1.29 is 23.8 Å². The molecule has 0 saturated heterocycles. The van der Waals surface area contributed by atoms with Gasteiger partial charge >= 0.3 is 5.97 Å². The van der Waals surface area contributed by atoms with Gasteiger partial charge in [0, 0.05) is 23.1 Å². The van der Waals surface area contributed by atoms with Crippen LogP contribution >= 0.6 is 0 Å². The van der Waals surface area contributed by atoms with Crippen LogP contribution < -0.4 is 9.47 Å². The molecule has 0 aliphatic carbocycles. The first-order valence-corrected chi connectivity index (χ1v) is 10.9. The van der Waals surface area contributed by atoms with E-state index in [-0.39, 0.29) is 11.8 Å². The van der Waals surface area contributed by atoms with Gasteiger partial charge in [-0.1, -0.05) is 32.8 Å². The van der Waals surface area contributed by atoms with Crippen LogP contribution in [0.1, 0.15) is 38.0 Å². The zero-order valence-corrected chi connectivity index (χ0v) is 16.3. The number of benzene rings is 1. The molecule has 0 amide bonds. The number of aliphatic carboxylic acids is 1. The molecule has 1 aliphatic heterocycles. The van der Waals surface area contributed by atoms with Crippen molar-refractivity contribution in [2.75, 3.05) is 6.79 Å². The van der Waals surface area contributed by atoms with Crippen molar-refractivity contribution in [1.29, 1.82) is 0 Å². The Hall–Kier alpha value is -2.23. The molecule has 5 nitrogen and oxygen atoms in total. The molecule has 0 spiro atoms. The highest BCUT2D eigenvalue weighted by Gasteiger charge is 2.39. The average Bonchev–Trinajstić information content (AvgIpc) is 2.95. The van der Waals surface area contributed by atoms with Gasteiger partial charge in [-0.15, -0.1) is 6.58 Å². The summed E-state index contributed by atoms with van der Waals surface area (Å²) >= 11 is 0. The molecule has 0 saturated carbocycles. The number of carbonyl (C=O) groups is 1. The zero-order chi connectivity index (χ0) is 18.8. The number of ether oxygens (including phenoxy) is 2. The maximum Gasteiger partial charge on any atom is 0.382 e. The van der Waals surface area contributed by atoms with Crippen molar-refractivity contribution in [3.63, 3.8) is 0 Å². The molecule has 1 aromatic carbocycles. The lowest BCUT2D eigenvalue weighted by molar-refractivity contribution is -0.130. The second-order valence-corrected chi connectivity index (χ2v) is 12.1. The summed E-state index contributed by atoms with van der Waals surface area (Å²) in [5, 5.41) is 8.90. The Morgan fingerprint density at radius 3 is 2.48 bits per heavy atom. The number of rotatable bonds is 4. The van der Waals surface area contributed by atoms with E-state index in [0.717, 1.165) is 5.56 Å². The molecule has 25 heavy (non-hydrogen) atoms. The third kappa shape index (κ3) is 4.24. The first-order valence-electron chi connectivity index (χ1n) is 8.04. The molecule has 2 rings (SSSR count). The first-order chi connectivity index (χ1) is 11.5. The lowest BCUT2D eigenvalue weighted by Crippen LogP contribution is -2.41. The molecular formula is C19H24O5Si. The number of fused-ring (bicyclic) bond motifs is 1. The Morgan fingerprint density at radius 2 is 1.96 bits per heavy atom. The Morgan fingerprint density at radius 1 is 1.36 bits per heavy atom. The van der Waals surface area contributed by atoms with Gasteiger partial charge in [-0.2, -0.15) is 0 Å². The molecule has 0 fully saturated rings. The van der Waals surface area contributed by atoms with Crippen LogP contribution in [0.2, 0.25) is 18.1 Å². The minimum Gasteiger partial charge on any atom is -0.472 e. The molecule has 134 valence electrons. The monoisotopic (exact) mass is 360 g/mol. The molecule has 0 bridgehead atoms. The molecule has 1 aliphatic rings. The summed E-state index contributed by atoms with van der Waals surface area (Å²) in [6.07, 6.45) is 1.30. The van der Waals surface area contributed by atoms with Crippen molar-refractivity contribution in [1.82, 2.24) is 0 Å². The number of hydrogen-bond donors (Lipinski definition) is 1. The maximum absolute atomic E-state index is 10.8. The fourth-order valence-electron chi connectivity index (χ4n) is 2.15. The van der Waals surface area contributed by atoms with E-state index in [4.69, 9.17) is 19.0 Å². The normalized spacial score (nSPS) is 14.4. The predicted octanol–water partition coefficient (Wildman–Crippen LogP) is 4.10. The number of carboxylic acid groups (broad SMARTS) is 1. The van der Waals surface area contributed by atoms with Gasteiger partial charge < -0.3 is 19.0 Å². The summed E-state index contributed by atoms with van der Waals surface area (Å²) in [6, 6.07) is 3.49. The fourth-order valence-corrected chi connectivity index (χ4v) is 3.37. The van der Waals surface area contributed by atoms with Crippen LogP contribution in [0.5, 0.6) is 11.5 Å². The molecule has 1 unspecified atom stereocenters. The Labute approximate surface area is 149 Å². The smallest absolute Gasteiger partial charge is 0.382 e. The van der Waals surface area contributed by atoms with Crippen LogP contribution in [-0.2, 0) is 9.22 Å². The van der Waals surface area contributed by atoms with E-state index >= 15 is 0 Å². The minimum atomic E-state index is -2.07. The largest absolute Gasteiger partial charge is 0.472 e. The molecule has 0 radical (unpaired) electrons. The maximum atomic E-state index is 10.8. The minimum absolute atomic E-state index is 0.0253. The summed E-state index contributed by atoms with van der Waals surface area (Å²) in [5.41, 5.74) is 1.27. The van der Waals surface area contributed by atoms with E-state index in [2.05, 4.69) is 52.3 Å². The highest BCUT2D eigenvalue weighted by Crippen LogP contribution is 2.42. The van der Waals surface area contributed by atoms with Gasteiger partial charge in [0.2, 0.25) is 6.79 Å². The standard InChI is InChI=1S/C19H24O5Si/c1-7-15(24-25(5,6)19(2,3)4)14-11-17-16(22-12-23-17)10-13(14)8-9-18(20)21/h7,10-11,15H,1,12H2,2-6H3,(H,20,21). The zero-order valence-electron chi connectivity index (χ0n) is 15.3. The van der Waals surface area contributed by atoms with Crippen molar-refractivity contribution in [2.45, 2.75) is 45.0 Å². The van der Waals surface area contributed by atoms with E-state index < -0.39 is 20.4 Å². The van der Waals surface area contributed by atoms with Crippen molar-refractivity contribution in [3.05, 3.63) is 35.9 Å². The first kappa shape index (κ1) is 19.1. The van der Waals surface area contributed by atoms with E-state index in [1.54, 1.807) is 18.2 Å². The molecular weight excluding hydrogens is 336 g/mol. The molecule has 1 heterocycles. The van der Waals surface area contributed by atoms with Crippen molar-refractivity contribution >= 4 is 14.3 Å². The van der Waals surface area contributed by atoms with Gasteiger partial charge in [0.15, 0.2) is 19.8 Å². The second-order valence-electron chi connectivity index (χ2n) is 7.38. The summed E-state index contributed by atoms with van der Waals surface area (Å²) in [4.78, 5) is 10.8. The van der Waals surface area contributed by atoms with Gasteiger partial charge in [-0.05, 0) is 24.2 Å². The number of hydrogen-bond acceptors (Lipinski definition) is 4. The number of carboxylic acids is 1. The van der Waals surface area contributed by atoms with E-state index in [9.17, 15) is 4.79 Å². The van der Waals surface area contributed by atoms with Gasteiger partial charge in [0.1, 0.15) is 0 Å². The van der Waals surface area contributed by atoms with Gasteiger partial charge in [0.05, 0.1) is 6.10 Å². The van der Waals surface area contributed by atoms with Crippen molar-refractivity contribution in [2.24, 2.45) is 0 Å². The van der Waals surface area contributed by atoms with Crippen LogP contribution in [-0.4, -0.2) is 26.2 Å². The second kappa shape index (κ2) is 6.94. The van der Waals surface area contributed by atoms with Gasteiger partial charge in [0.25, 0.3) is 0 Å². The third-order valence-corrected chi connectivity index (χ3v) is 9.05. The molecule has 0 aromatic heterocycles. The highest BCUT2D eigenvalue weighted by atomic mass is 28.4. The lowest BCUT2D eigenvalue weighted by Gasteiger charge is -2.38. The summed E-state index contributed by atoms with van der Waals surface area (Å²) in [5.74, 6) is 4.80. The molecule has 1 atom stereocenters. The average molecular weight is 360 g/mol. The predicted molar refractivity (Wildman–Crippen MR) is 98.3 cm³/mol. The van der Waals surface area contributed by atoms with Crippen molar-refractivity contribution in [3.8, 4) is 23.3 Å². The van der Waals surface area contributed by atoms with E-state index in [1.165, 1.54) is 0 Å². The van der Waals surface area contributed by atoms with E-state index in [1.807, 2.05) is 0 Å². The lowest BCUT2D eigenvalue weighted by atomic mass is 10.0. The third-order valence-electron chi connectivity index (χ3n) is 4.60. The van der Waals surface area contributed by atoms with Crippen LogP contribution in [0, 0.1) is 11.8 Å². The summed E-state index contributed by atoms with van der Waals surface area (Å²) in [6.45, 7) is 14.8. The van der Waals surface area contributed by atoms with Crippen LogP contribution in [0.4, 0.5) is 0 Å². The van der Waals surface area contributed by atoms with Crippen LogP contribution in [0.15, 0.2) is 24.8 Å². The molecule has 6 heteroatoms. The fraction of sp³-hybridized carbons (Fsp3) is 0.421. The molecule has 1 aromatic rings. The topological polar surface area (TPSA) is 65.0 Å². The van der Waals surface area contributed by atoms with Crippen LogP contribution in [0.25, 0.3) is 0 Å². The SMILES string of the molecule is C=CC(O[Si](C)(C)C(C)(C)C)c1cc2c(cc1C#CC(=O)O)OCO2. The Balaban J connectivity index is 2.49.